The van der Waals surface area contributed by atoms with Crippen molar-refractivity contribution in [3.63, 3.8) is 0 Å². The average molecular weight is 394 g/mol. The minimum absolute atomic E-state index is 0.324. The molecule has 2 aromatic rings. The Morgan fingerprint density at radius 1 is 0.852 bits per heavy atom. The summed E-state index contributed by atoms with van der Waals surface area (Å²) in [5, 5.41) is 3.13. The first kappa shape index (κ1) is 20.2. The van der Waals surface area contributed by atoms with Crippen molar-refractivity contribution in [3.8, 4) is 0 Å². The van der Waals surface area contributed by atoms with E-state index in [9.17, 15) is 40.3 Å². The number of amides is 2. The van der Waals surface area contributed by atoms with E-state index >= 15 is 0 Å². The van der Waals surface area contributed by atoms with Crippen molar-refractivity contribution in [2.24, 2.45) is 0 Å². The number of carbonyl (C=O) groups is 2. The first-order valence-corrected chi connectivity index (χ1v) is 7.05. The van der Waals surface area contributed by atoms with Gasteiger partial charge < -0.3 is 10.6 Å². The van der Waals surface area contributed by atoms with Gasteiger partial charge >= 0.3 is 18.3 Å². The quantitative estimate of drug-likeness (QED) is 0.748. The van der Waals surface area contributed by atoms with Crippen LogP contribution in [0.4, 0.5) is 42.1 Å². The normalized spacial score (nSPS) is 11.8. The van der Waals surface area contributed by atoms with Crippen LogP contribution in [0.1, 0.15) is 15.9 Å². The van der Waals surface area contributed by atoms with Crippen molar-refractivity contribution in [2.45, 2.75) is 12.4 Å². The number of alkyl halides is 6. The van der Waals surface area contributed by atoms with E-state index in [0.717, 1.165) is 23.5 Å². The molecule has 0 saturated heterocycles. The summed E-state index contributed by atoms with van der Waals surface area (Å²) < 4.78 is 89.6. The minimum atomic E-state index is -5.39. The molecule has 2 N–H and O–H groups in total. The molecule has 144 valence electrons. The SMILES string of the molecule is O=C(Nc1ccc(NC(=O)C(F)(F)F)c(C(F)(F)F)c1)c1ccccc1F. The Bertz CT molecular complexity index is 876. The summed E-state index contributed by atoms with van der Waals surface area (Å²) >= 11 is 0. The van der Waals surface area contributed by atoms with E-state index in [2.05, 4.69) is 0 Å². The van der Waals surface area contributed by atoms with Crippen molar-refractivity contribution in [2.75, 3.05) is 10.6 Å². The van der Waals surface area contributed by atoms with Gasteiger partial charge in [-0.25, -0.2) is 4.39 Å². The first-order chi connectivity index (χ1) is 12.4. The lowest BCUT2D eigenvalue weighted by atomic mass is 10.1. The number of halogens is 7. The summed E-state index contributed by atoms with van der Waals surface area (Å²) in [6.07, 6.45) is -10.5. The molecule has 0 atom stereocenters. The highest BCUT2D eigenvalue weighted by Crippen LogP contribution is 2.37. The number of benzene rings is 2. The summed E-state index contributed by atoms with van der Waals surface area (Å²) in [6.45, 7) is 0. The maximum atomic E-state index is 13.5. The zero-order valence-corrected chi connectivity index (χ0v) is 13.0. The van der Waals surface area contributed by atoms with Gasteiger partial charge in [0.1, 0.15) is 5.82 Å². The maximum absolute atomic E-state index is 13.5. The molecule has 0 radical (unpaired) electrons. The molecule has 0 spiro atoms. The second kappa shape index (κ2) is 7.25. The lowest BCUT2D eigenvalue weighted by Gasteiger charge is -2.16. The van der Waals surface area contributed by atoms with E-state index in [-0.39, 0.29) is 0 Å². The number of nitrogens with one attached hydrogen (secondary N) is 2. The number of carbonyl (C=O) groups excluding carboxylic acids is 2. The summed E-state index contributed by atoms with van der Waals surface area (Å²) in [5.41, 5.74) is -3.67. The summed E-state index contributed by atoms with van der Waals surface area (Å²) in [7, 11) is 0. The van der Waals surface area contributed by atoms with Crippen molar-refractivity contribution in [1.82, 2.24) is 0 Å². The topological polar surface area (TPSA) is 58.2 Å². The average Bonchev–Trinajstić information content (AvgIpc) is 2.54. The highest BCUT2D eigenvalue weighted by atomic mass is 19.4. The summed E-state index contributed by atoms with van der Waals surface area (Å²) in [6, 6.07) is 6.38. The molecule has 0 aliphatic heterocycles. The Kier molecular flexibility index (Phi) is 5.43. The van der Waals surface area contributed by atoms with Gasteiger partial charge in [0.2, 0.25) is 0 Å². The molecule has 2 amide bonds. The number of hydrogen-bond acceptors (Lipinski definition) is 2. The van der Waals surface area contributed by atoms with Crippen LogP contribution in [0.25, 0.3) is 0 Å². The van der Waals surface area contributed by atoms with Gasteiger partial charge in [0, 0.05) is 5.69 Å². The third-order valence-electron chi connectivity index (χ3n) is 3.21. The van der Waals surface area contributed by atoms with Crippen LogP contribution in [0.3, 0.4) is 0 Å². The van der Waals surface area contributed by atoms with Crippen LogP contribution in [-0.2, 0) is 11.0 Å². The van der Waals surface area contributed by atoms with E-state index in [1.54, 1.807) is 0 Å². The fourth-order valence-electron chi connectivity index (χ4n) is 2.00. The molecule has 2 rings (SSSR count). The van der Waals surface area contributed by atoms with E-state index in [4.69, 9.17) is 0 Å². The van der Waals surface area contributed by atoms with Crippen molar-refractivity contribution >= 4 is 23.2 Å². The van der Waals surface area contributed by atoms with Crippen LogP contribution >= 0.6 is 0 Å². The lowest BCUT2D eigenvalue weighted by molar-refractivity contribution is -0.167. The Morgan fingerprint density at radius 3 is 2.04 bits per heavy atom. The second-order valence-corrected chi connectivity index (χ2v) is 5.14. The van der Waals surface area contributed by atoms with Crippen molar-refractivity contribution in [1.29, 1.82) is 0 Å². The summed E-state index contributed by atoms with van der Waals surface area (Å²) in [5.74, 6) is -4.57. The Labute approximate surface area is 147 Å². The van der Waals surface area contributed by atoms with E-state index in [1.165, 1.54) is 12.1 Å². The predicted molar refractivity (Wildman–Crippen MR) is 80.5 cm³/mol. The molecule has 2 aromatic carbocycles. The van der Waals surface area contributed by atoms with Crippen LogP contribution in [0.15, 0.2) is 42.5 Å². The van der Waals surface area contributed by atoms with Crippen molar-refractivity contribution in [3.05, 3.63) is 59.4 Å². The molecule has 4 nitrogen and oxygen atoms in total. The van der Waals surface area contributed by atoms with Crippen LogP contribution in [0, 0.1) is 5.82 Å². The van der Waals surface area contributed by atoms with Crippen LogP contribution in [-0.4, -0.2) is 18.0 Å². The van der Waals surface area contributed by atoms with E-state index in [1.807, 2.05) is 5.32 Å². The monoisotopic (exact) mass is 394 g/mol. The molecule has 0 aliphatic rings. The zero-order chi connectivity index (χ0) is 20.4. The van der Waals surface area contributed by atoms with Gasteiger partial charge in [-0.15, -0.1) is 0 Å². The van der Waals surface area contributed by atoms with Gasteiger partial charge in [-0.3, -0.25) is 9.59 Å². The third kappa shape index (κ3) is 4.96. The van der Waals surface area contributed by atoms with Gasteiger partial charge in [-0.2, -0.15) is 26.3 Å². The molecular weight excluding hydrogens is 385 g/mol. The molecule has 0 fully saturated rings. The van der Waals surface area contributed by atoms with E-state index in [0.29, 0.717) is 12.1 Å². The van der Waals surface area contributed by atoms with Gasteiger partial charge in [0.05, 0.1) is 16.8 Å². The molecule has 0 bridgehead atoms. The summed E-state index contributed by atoms with van der Waals surface area (Å²) in [4.78, 5) is 22.8. The van der Waals surface area contributed by atoms with Crippen LogP contribution < -0.4 is 10.6 Å². The fourth-order valence-corrected chi connectivity index (χ4v) is 2.00. The molecule has 27 heavy (non-hydrogen) atoms. The van der Waals surface area contributed by atoms with Gasteiger partial charge in [-0.05, 0) is 30.3 Å². The smallest absolute Gasteiger partial charge is 0.322 e. The molecule has 0 unspecified atom stereocenters. The highest BCUT2D eigenvalue weighted by Gasteiger charge is 2.41. The maximum Gasteiger partial charge on any atom is 0.471 e. The number of hydrogen-bond donors (Lipinski definition) is 2. The number of anilines is 2. The van der Waals surface area contributed by atoms with Crippen LogP contribution in [0.5, 0.6) is 0 Å². The first-order valence-electron chi connectivity index (χ1n) is 7.05. The van der Waals surface area contributed by atoms with Gasteiger partial charge in [0.25, 0.3) is 5.91 Å². The predicted octanol–water partition coefficient (Wildman–Crippen LogP) is 4.60. The minimum Gasteiger partial charge on any atom is -0.322 e. The zero-order valence-electron chi connectivity index (χ0n) is 13.0. The number of rotatable bonds is 3. The third-order valence-corrected chi connectivity index (χ3v) is 3.21. The van der Waals surface area contributed by atoms with Crippen LogP contribution in [0.2, 0.25) is 0 Å². The lowest BCUT2D eigenvalue weighted by Crippen LogP contribution is -2.31. The molecule has 0 saturated carbocycles. The van der Waals surface area contributed by atoms with E-state index < -0.39 is 52.5 Å². The molecular formula is C16H9F7N2O2. The molecule has 0 heterocycles. The Hall–Kier alpha value is -3.11. The Morgan fingerprint density at radius 2 is 1.48 bits per heavy atom. The van der Waals surface area contributed by atoms with Gasteiger partial charge in [0.15, 0.2) is 0 Å². The highest BCUT2D eigenvalue weighted by molar-refractivity contribution is 6.04. The van der Waals surface area contributed by atoms with Gasteiger partial charge in [-0.1, -0.05) is 12.1 Å². The Balaban J connectivity index is 2.34. The molecule has 0 aromatic heterocycles. The van der Waals surface area contributed by atoms with Crippen molar-refractivity contribution < 1.29 is 40.3 Å². The standard InChI is InChI=1S/C16H9F7N2O2/c17-11-4-2-1-3-9(11)13(26)24-8-5-6-12(10(7-8)15(18,19)20)25-14(27)16(21,22)23/h1-7H,(H,24,26)(H,25,27). The molecule has 0 aliphatic carbocycles. The largest absolute Gasteiger partial charge is 0.471 e. The second-order valence-electron chi connectivity index (χ2n) is 5.14. The fraction of sp³-hybridized carbons (Fsp3) is 0.125. The molecule has 11 heteroatoms.